The molecule has 0 spiro atoms. The van der Waals surface area contributed by atoms with E-state index in [1.54, 1.807) is 28.7 Å². The van der Waals surface area contributed by atoms with Gasteiger partial charge in [0.2, 0.25) is 5.12 Å². The van der Waals surface area contributed by atoms with E-state index in [4.69, 9.17) is 9.47 Å². The molecular formula is C21H11BrO3S6. The van der Waals surface area contributed by atoms with Crippen LogP contribution in [0.15, 0.2) is 20.8 Å². The quantitative estimate of drug-likeness (QED) is 0.435. The van der Waals surface area contributed by atoms with Gasteiger partial charge < -0.3 is 9.47 Å². The fraction of sp³-hybridized carbons (Fsp3) is 0.190. The highest BCUT2D eigenvalue weighted by atomic mass is 79.9. The predicted molar refractivity (Wildman–Crippen MR) is 137 cm³/mol. The Morgan fingerprint density at radius 3 is 2.58 bits per heavy atom. The van der Waals surface area contributed by atoms with Crippen molar-refractivity contribution in [2.24, 2.45) is 0 Å². The molecule has 0 bridgehead atoms. The molecule has 3 aromatic heterocycles. The molecule has 156 valence electrons. The molecule has 0 radical (unpaired) electrons. The van der Waals surface area contributed by atoms with Gasteiger partial charge >= 0.3 is 0 Å². The van der Waals surface area contributed by atoms with E-state index in [0.29, 0.717) is 23.7 Å². The minimum absolute atomic E-state index is 0.162. The molecule has 10 heteroatoms. The largest absolute Gasteiger partial charge is 0.485 e. The molecule has 7 rings (SSSR count). The van der Waals surface area contributed by atoms with Crippen LogP contribution in [0.5, 0.6) is 11.5 Å². The number of carbonyl (C=O) groups excluding carboxylic acids is 1. The van der Waals surface area contributed by atoms with Crippen LogP contribution in [0.2, 0.25) is 0 Å². The van der Waals surface area contributed by atoms with Crippen molar-refractivity contribution < 1.29 is 14.3 Å². The van der Waals surface area contributed by atoms with E-state index < -0.39 is 0 Å². The van der Waals surface area contributed by atoms with Crippen LogP contribution in [-0.2, 0) is 4.79 Å². The van der Waals surface area contributed by atoms with Crippen molar-refractivity contribution in [3.8, 4) is 11.5 Å². The molecule has 4 aliphatic rings. The zero-order valence-electron chi connectivity index (χ0n) is 15.5. The lowest BCUT2D eigenvalue weighted by atomic mass is 10.2. The van der Waals surface area contributed by atoms with E-state index in [0.717, 1.165) is 25.1 Å². The Balaban J connectivity index is 1.27. The summed E-state index contributed by atoms with van der Waals surface area (Å²) >= 11 is 14.0. The summed E-state index contributed by atoms with van der Waals surface area (Å²) in [5.41, 5.74) is 0. The Labute approximate surface area is 209 Å². The molecule has 0 aromatic carbocycles. The summed E-state index contributed by atoms with van der Waals surface area (Å²) in [6, 6.07) is 2.31. The van der Waals surface area contributed by atoms with Crippen LogP contribution in [0.4, 0.5) is 0 Å². The molecular weight excluding hydrogens is 573 g/mol. The van der Waals surface area contributed by atoms with E-state index in [1.807, 2.05) is 39.8 Å². The number of hydrogen-bond donors (Lipinski definition) is 0. The molecule has 4 aliphatic heterocycles. The monoisotopic (exact) mass is 582 g/mol. The molecule has 0 saturated carbocycles. The lowest BCUT2D eigenvalue weighted by Crippen LogP contribution is -2.17. The zero-order chi connectivity index (χ0) is 20.7. The fourth-order valence-electron chi connectivity index (χ4n) is 3.97. The molecule has 7 heterocycles. The highest BCUT2D eigenvalue weighted by Gasteiger charge is 2.32. The van der Waals surface area contributed by atoms with Gasteiger partial charge in [-0.05, 0) is 17.8 Å². The minimum atomic E-state index is 0.162. The zero-order valence-corrected chi connectivity index (χ0v) is 22.0. The van der Waals surface area contributed by atoms with Gasteiger partial charge in [0.1, 0.15) is 13.2 Å². The number of rotatable bonds is 1. The molecule has 2 atom stereocenters. The van der Waals surface area contributed by atoms with Gasteiger partial charge in [-0.15, -0.1) is 57.5 Å². The van der Waals surface area contributed by atoms with Gasteiger partial charge in [-0.1, -0.05) is 28.1 Å². The van der Waals surface area contributed by atoms with E-state index in [2.05, 4.69) is 34.1 Å². The van der Waals surface area contributed by atoms with Gasteiger partial charge in [-0.3, -0.25) is 4.79 Å². The molecule has 0 amide bonds. The summed E-state index contributed by atoms with van der Waals surface area (Å²) in [4.78, 5) is 17.5. The van der Waals surface area contributed by atoms with Crippen molar-refractivity contribution in [2.45, 2.75) is 25.2 Å². The predicted octanol–water partition coefficient (Wildman–Crippen LogP) is 3.68. The van der Waals surface area contributed by atoms with Gasteiger partial charge in [0.05, 0.1) is 9.06 Å². The van der Waals surface area contributed by atoms with E-state index in [9.17, 15) is 4.79 Å². The Morgan fingerprint density at radius 1 is 0.935 bits per heavy atom. The molecule has 0 N–H and O–H groups in total. The van der Waals surface area contributed by atoms with E-state index in [-0.39, 0.29) is 5.12 Å². The van der Waals surface area contributed by atoms with Crippen molar-refractivity contribution >= 4 is 114 Å². The van der Waals surface area contributed by atoms with Crippen LogP contribution < -0.4 is 27.6 Å². The first-order valence-corrected chi connectivity index (χ1v) is 15.4. The van der Waals surface area contributed by atoms with Gasteiger partial charge in [0.15, 0.2) is 11.5 Å². The molecule has 3 nitrogen and oxygen atoms in total. The van der Waals surface area contributed by atoms with Gasteiger partial charge in [0.25, 0.3) is 0 Å². The van der Waals surface area contributed by atoms with Crippen LogP contribution in [0.25, 0.3) is 23.2 Å². The number of ether oxygens (including phenoxy) is 2. The lowest BCUT2D eigenvalue weighted by molar-refractivity contribution is -0.105. The Bertz CT molecular complexity index is 1630. The van der Waals surface area contributed by atoms with Crippen LogP contribution in [0.3, 0.4) is 0 Å². The SMILES string of the molecule is O=C1C=c2sc3c(c2S1)SC(C1C=c2s/c(=c4/s/c(=C\Br)c5c4OCCO5)cc2S1)C=3. The summed E-state index contributed by atoms with van der Waals surface area (Å²) in [5, 5.41) is 0.997. The maximum atomic E-state index is 11.7. The molecule has 0 aliphatic carbocycles. The standard InChI is InChI=1S/C21H11BrO3S6/c22-7-15-17-18(25-2-1-24-17)19(30-15)12-4-10-8(27-12)3-9(26-10)11-5-13-20(29-11)21-14(28-13)6-16(23)31-21/h3-7,9,11H,1-2H2/b15-7-,19-12+. The summed E-state index contributed by atoms with van der Waals surface area (Å²) < 4.78 is 19.1. The van der Waals surface area contributed by atoms with Crippen molar-refractivity contribution in [3.63, 3.8) is 0 Å². The summed E-state index contributed by atoms with van der Waals surface area (Å²) in [6.45, 7) is 1.19. The first kappa shape index (κ1) is 19.8. The summed E-state index contributed by atoms with van der Waals surface area (Å²) in [5.74, 6) is 1.74. The third-order valence-electron chi connectivity index (χ3n) is 5.27. The molecule has 31 heavy (non-hydrogen) atoms. The van der Waals surface area contributed by atoms with Crippen molar-refractivity contribution in [1.29, 1.82) is 0 Å². The molecule has 3 aromatic rings. The first-order chi connectivity index (χ1) is 15.2. The number of hydrogen-bond acceptors (Lipinski definition) is 9. The highest BCUT2D eigenvalue weighted by Crippen LogP contribution is 2.44. The molecule has 2 unspecified atom stereocenters. The Kier molecular flexibility index (Phi) is 4.76. The summed E-state index contributed by atoms with van der Waals surface area (Å²) in [7, 11) is 0. The average Bonchev–Trinajstić information content (AvgIpc) is 3.55. The second kappa shape index (κ2) is 7.44. The van der Waals surface area contributed by atoms with Crippen molar-refractivity contribution in [1.82, 2.24) is 0 Å². The number of thiophene rings is 3. The third-order valence-corrected chi connectivity index (χ3v) is 13.8. The number of carbonyl (C=O) groups is 1. The second-order valence-electron chi connectivity index (χ2n) is 7.15. The average molecular weight is 584 g/mol. The fourth-order valence-corrected chi connectivity index (χ4v) is 12.4. The molecule has 0 saturated heterocycles. The van der Waals surface area contributed by atoms with Gasteiger partial charge in [0, 0.05) is 54.4 Å². The topological polar surface area (TPSA) is 35.5 Å². The van der Waals surface area contributed by atoms with Crippen LogP contribution in [-0.4, -0.2) is 28.8 Å². The van der Waals surface area contributed by atoms with Gasteiger partial charge in [-0.25, -0.2) is 0 Å². The Morgan fingerprint density at radius 2 is 1.74 bits per heavy atom. The van der Waals surface area contributed by atoms with E-state index >= 15 is 0 Å². The van der Waals surface area contributed by atoms with Crippen LogP contribution >= 0.6 is 85.2 Å². The van der Waals surface area contributed by atoms with Gasteiger partial charge in [-0.2, -0.15) is 0 Å². The summed E-state index contributed by atoms with van der Waals surface area (Å²) in [6.07, 6.45) is 6.59. The maximum absolute atomic E-state index is 11.7. The maximum Gasteiger partial charge on any atom is 0.218 e. The smallest absolute Gasteiger partial charge is 0.218 e. The van der Waals surface area contributed by atoms with Crippen LogP contribution in [0, 0.1) is 9.06 Å². The first-order valence-electron chi connectivity index (χ1n) is 9.44. The van der Waals surface area contributed by atoms with Crippen LogP contribution in [0.1, 0.15) is 0 Å². The normalized spacial score (nSPS) is 24.4. The highest BCUT2D eigenvalue weighted by molar-refractivity contribution is 9.14. The van der Waals surface area contributed by atoms with E-state index in [1.165, 1.54) is 40.0 Å². The molecule has 0 fully saturated rings. The third kappa shape index (κ3) is 3.09. The van der Waals surface area contributed by atoms with Crippen molar-refractivity contribution in [2.75, 3.05) is 13.2 Å². The number of halogens is 1. The lowest BCUT2D eigenvalue weighted by Gasteiger charge is -2.14. The Hall–Kier alpha value is -0.620. The second-order valence-corrected chi connectivity index (χ2v) is 14.3. The number of thioether (sulfide) groups is 3. The minimum Gasteiger partial charge on any atom is -0.485 e. The number of fused-ring (bicyclic) bond motifs is 5. The van der Waals surface area contributed by atoms with Crippen molar-refractivity contribution in [3.05, 3.63) is 33.3 Å².